The smallest absolute Gasteiger partial charge is 0.227 e. The largest absolute Gasteiger partial charge is 0.394 e. The van der Waals surface area contributed by atoms with Gasteiger partial charge < -0.3 is 36.4 Å². The number of hydrogen-bond acceptors (Lipinski definition) is 13. The third kappa shape index (κ3) is 5.71. The highest BCUT2D eigenvalue weighted by Crippen LogP contribution is 2.39. The summed E-state index contributed by atoms with van der Waals surface area (Å²) >= 11 is 0. The van der Waals surface area contributed by atoms with Crippen molar-refractivity contribution < 1.29 is 20.1 Å². The molecule has 1 aliphatic carbocycles. The van der Waals surface area contributed by atoms with E-state index in [1.165, 1.54) is 11.1 Å². The van der Waals surface area contributed by atoms with E-state index >= 15 is 0 Å². The van der Waals surface area contributed by atoms with E-state index in [1.54, 1.807) is 11.6 Å². The van der Waals surface area contributed by atoms with Crippen LogP contribution in [-0.4, -0.2) is 92.0 Å². The summed E-state index contributed by atoms with van der Waals surface area (Å²) in [5.74, 6) is 0.963. The fraction of sp³-hybridized carbons (Fsp3) is 0.538. The summed E-state index contributed by atoms with van der Waals surface area (Å²) in [4.78, 5) is 15.3. The van der Waals surface area contributed by atoms with Crippen molar-refractivity contribution in [3.63, 3.8) is 0 Å². The van der Waals surface area contributed by atoms with Gasteiger partial charge in [-0.05, 0) is 42.9 Å². The van der Waals surface area contributed by atoms with E-state index in [4.69, 9.17) is 20.4 Å². The predicted octanol–water partition coefficient (Wildman–Crippen LogP) is 0.0390. The fourth-order valence-electron chi connectivity index (χ4n) is 5.48. The monoisotopic (exact) mass is 565 g/mol. The molecule has 4 heterocycles. The molecule has 1 saturated carbocycles. The molecule has 1 aliphatic heterocycles. The number of nitrogens with zero attached hydrogens (tertiary/aromatic N) is 8. The summed E-state index contributed by atoms with van der Waals surface area (Å²) in [6.45, 7) is -0.131. The molecule has 4 aromatic rings. The molecule has 5 atom stereocenters. The highest BCUT2D eigenvalue weighted by molar-refractivity contribution is 5.84. The molecule has 3 aromatic heterocycles. The van der Waals surface area contributed by atoms with Crippen LogP contribution >= 0.6 is 0 Å². The quantitative estimate of drug-likeness (QED) is 0.159. The van der Waals surface area contributed by atoms with Gasteiger partial charge in [-0.1, -0.05) is 30.3 Å². The first-order valence-corrected chi connectivity index (χ1v) is 13.8. The number of nitrogens with two attached hydrogens (primary N) is 1. The van der Waals surface area contributed by atoms with Gasteiger partial charge in [0, 0.05) is 12.1 Å². The molecule has 218 valence electrons. The second-order valence-corrected chi connectivity index (χ2v) is 10.8. The first-order chi connectivity index (χ1) is 19.9. The van der Waals surface area contributed by atoms with E-state index < -0.39 is 24.5 Å². The third-order valence-electron chi connectivity index (χ3n) is 7.70. The number of tetrazole rings is 1. The van der Waals surface area contributed by atoms with Crippen LogP contribution in [0.2, 0.25) is 0 Å². The predicted molar refractivity (Wildman–Crippen MR) is 147 cm³/mol. The summed E-state index contributed by atoms with van der Waals surface area (Å²) in [5.41, 5.74) is 7.98. The van der Waals surface area contributed by atoms with E-state index in [-0.39, 0.29) is 30.6 Å². The number of rotatable bonds is 9. The van der Waals surface area contributed by atoms with Crippen LogP contribution in [0.1, 0.15) is 49.4 Å². The summed E-state index contributed by atoms with van der Waals surface area (Å²) in [5, 5.41) is 50.6. The maximum absolute atomic E-state index is 11.0. The number of aryl methyl sites for hydroxylation is 1. The number of aliphatic hydroxyl groups is 3. The van der Waals surface area contributed by atoms with Crippen LogP contribution in [0.4, 0.5) is 11.8 Å². The molecule has 0 radical (unpaired) electrons. The number of ether oxygens (including phenoxy) is 1. The summed E-state index contributed by atoms with van der Waals surface area (Å²) in [6, 6.07) is 9.87. The van der Waals surface area contributed by atoms with Crippen molar-refractivity contribution in [2.75, 3.05) is 17.2 Å². The molecule has 0 amide bonds. The molecule has 1 aromatic carbocycles. The first-order valence-electron chi connectivity index (χ1n) is 13.8. The van der Waals surface area contributed by atoms with Gasteiger partial charge in [0.05, 0.1) is 26.0 Å². The molecule has 6 rings (SSSR count). The molecule has 2 fully saturated rings. The third-order valence-corrected chi connectivity index (χ3v) is 7.70. The van der Waals surface area contributed by atoms with Crippen molar-refractivity contribution in [1.82, 2.24) is 39.7 Å². The zero-order chi connectivity index (χ0) is 28.5. The van der Waals surface area contributed by atoms with Crippen molar-refractivity contribution in [2.45, 2.75) is 74.8 Å². The Hall–Kier alpha value is -3.76. The zero-order valence-electron chi connectivity index (χ0n) is 22.7. The van der Waals surface area contributed by atoms with E-state index in [0.717, 1.165) is 31.2 Å². The number of fused-ring (bicyclic) bond motifs is 1. The highest BCUT2D eigenvalue weighted by Gasteiger charge is 2.47. The molecule has 1 saturated heterocycles. The van der Waals surface area contributed by atoms with Crippen LogP contribution in [-0.2, 0) is 18.2 Å². The lowest BCUT2D eigenvalue weighted by atomic mass is 9.92. The lowest BCUT2D eigenvalue weighted by molar-refractivity contribution is -0.0384. The molecule has 0 bridgehead atoms. The van der Waals surface area contributed by atoms with Gasteiger partial charge in [-0.3, -0.25) is 4.57 Å². The van der Waals surface area contributed by atoms with Gasteiger partial charge >= 0.3 is 0 Å². The van der Waals surface area contributed by atoms with Gasteiger partial charge in [0.15, 0.2) is 29.3 Å². The van der Waals surface area contributed by atoms with Crippen molar-refractivity contribution in [2.24, 2.45) is 12.8 Å². The second kappa shape index (κ2) is 11.6. The SMILES string of the molecule is Cn1nnc([C@H]2O[C@@H](n3cnc4c(N[C@H](CO)Cc5ccccc5)nc(N[C@H]5CC[C@H](N)CC5)nc43)[C@H](O)[C@@H]2O)n1. The Morgan fingerprint density at radius 2 is 1.88 bits per heavy atom. The van der Waals surface area contributed by atoms with Gasteiger partial charge in [-0.25, -0.2) is 4.98 Å². The Balaban J connectivity index is 1.34. The molecule has 15 nitrogen and oxygen atoms in total. The van der Waals surface area contributed by atoms with E-state index in [0.29, 0.717) is 29.4 Å². The maximum Gasteiger partial charge on any atom is 0.227 e. The van der Waals surface area contributed by atoms with Crippen LogP contribution < -0.4 is 16.4 Å². The van der Waals surface area contributed by atoms with Gasteiger partial charge in [0.1, 0.15) is 12.2 Å². The van der Waals surface area contributed by atoms with Gasteiger partial charge in [0.2, 0.25) is 11.8 Å². The van der Waals surface area contributed by atoms with Crippen molar-refractivity contribution in [1.29, 1.82) is 0 Å². The molecule has 0 unspecified atom stereocenters. The molecular weight excluding hydrogens is 530 g/mol. The van der Waals surface area contributed by atoms with Crippen LogP contribution in [0.15, 0.2) is 36.7 Å². The second-order valence-electron chi connectivity index (χ2n) is 10.8. The van der Waals surface area contributed by atoms with Crippen LogP contribution in [0.5, 0.6) is 0 Å². The number of anilines is 2. The van der Waals surface area contributed by atoms with Gasteiger partial charge in [-0.15, -0.1) is 10.2 Å². The minimum absolute atomic E-state index is 0.131. The number of hydrogen-bond donors (Lipinski definition) is 6. The van der Waals surface area contributed by atoms with Crippen LogP contribution in [0.25, 0.3) is 11.2 Å². The lowest BCUT2D eigenvalue weighted by Gasteiger charge is -2.27. The van der Waals surface area contributed by atoms with E-state index in [2.05, 4.69) is 31.0 Å². The molecular formula is C26H35N11O4. The normalized spacial score (nSPS) is 27.2. The molecule has 15 heteroatoms. The van der Waals surface area contributed by atoms with Gasteiger partial charge in [-0.2, -0.15) is 14.8 Å². The van der Waals surface area contributed by atoms with Crippen LogP contribution in [0, 0.1) is 0 Å². The molecule has 7 N–H and O–H groups in total. The topological polar surface area (TPSA) is 207 Å². The van der Waals surface area contributed by atoms with Gasteiger partial charge in [0.25, 0.3) is 0 Å². The molecule has 2 aliphatic rings. The Bertz CT molecular complexity index is 1460. The van der Waals surface area contributed by atoms with Crippen molar-refractivity contribution >= 4 is 22.9 Å². The summed E-state index contributed by atoms with van der Waals surface area (Å²) < 4.78 is 7.62. The average Bonchev–Trinajstić information content (AvgIpc) is 3.67. The number of aliphatic hydroxyl groups excluding tert-OH is 3. The summed E-state index contributed by atoms with van der Waals surface area (Å²) in [7, 11) is 1.60. The maximum atomic E-state index is 11.0. The Morgan fingerprint density at radius 3 is 2.59 bits per heavy atom. The Kier molecular flexibility index (Phi) is 7.77. The Morgan fingerprint density at radius 1 is 1.10 bits per heavy atom. The first kappa shape index (κ1) is 27.4. The van der Waals surface area contributed by atoms with Crippen molar-refractivity contribution in [3.8, 4) is 0 Å². The molecule has 0 spiro atoms. The number of benzene rings is 1. The minimum Gasteiger partial charge on any atom is -0.394 e. The van der Waals surface area contributed by atoms with Crippen LogP contribution in [0.3, 0.4) is 0 Å². The minimum atomic E-state index is -1.31. The average molecular weight is 566 g/mol. The standard InChI is InChI=1S/C26H35N11O4/c1-36-34-23(33-35-36)21-19(39)20(40)25(41-21)37-13-28-18-22(29-17(12-38)11-14-5-3-2-4-6-14)31-26(32-24(18)37)30-16-9-7-15(27)8-10-16/h2-6,13,15-17,19-21,25,38-40H,7-12,27H2,1H3,(H2,29,30,31,32)/t15-,16-,17-,19-,20+,21-,25+/m0/s1. The molecule has 41 heavy (non-hydrogen) atoms. The van der Waals surface area contributed by atoms with E-state index in [9.17, 15) is 15.3 Å². The Labute approximate surface area is 235 Å². The summed E-state index contributed by atoms with van der Waals surface area (Å²) in [6.07, 6.45) is 1.03. The van der Waals surface area contributed by atoms with E-state index in [1.807, 2.05) is 30.3 Å². The zero-order valence-corrected chi connectivity index (χ0v) is 22.7. The number of imidazole rings is 1. The fourth-order valence-corrected chi connectivity index (χ4v) is 5.48. The number of nitrogens with one attached hydrogen (secondary N) is 2. The number of aromatic nitrogens is 8. The lowest BCUT2D eigenvalue weighted by Crippen LogP contribution is -2.33. The highest BCUT2D eigenvalue weighted by atomic mass is 16.6. The van der Waals surface area contributed by atoms with Crippen molar-refractivity contribution in [3.05, 3.63) is 48.0 Å².